The van der Waals surface area contributed by atoms with E-state index < -0.39 is 5.97 Å². The molecule has 0 spiro atoms. The summed E-state index contributed by atoms with van der Waals surface area (Å²) in [5.41, 5.74) is 0. The van der Waals surface area contributed by atoms with Gasteiger partial charge in [-0.1, -0.05) is 58.8 Å². The number of aliphatic carboxylic acids is 1. The smallest absolute Gasteiger partial charge is 0.256 e. The van der Waals surface area contributed by atoms with Crippen molar-refractivity contribution in [1.29, 1.82) is 0 Å². The Kier molecular flexibility index (Phi) is 11.2. The molecule has 1 aromatic heterocycles. The van der Waals surface area contributed by atoms with Crippen molar-refractivity contribution in [2.45, 2.75) is 104 Å². The fourth-order valence-corrected chi connectivity index (χ4v) is 3.15. The van der Waals surface area contributed by atoms with Gasteiger partial charge in [0.05, 0.1) is 13.1 Å². The van der Waals surface area contributed by atoms with Crippen LogP contribution in [0.15, 0.2) is 12.4 Å². The predicted octanol–water partition coefficient (Wildman–Crippen LogP) is 3.40. The lowest BCUT2D eigenvalue weighted by Crippen LogP contribution is -2.38. The van der Waals surface area contributed by atoms with Crippen molar-refractivity contribution < 1.29 is 14.5 Å². The minimum atomic E-state index is -0.949. The number of rotatable bonds is 15. The summed E-state index contributed by atoms with van der Waals surface area (Å²) in [4.78, 5) is 10.6. The zero-order valence-corrected chi connectivity index (χ0v) is 15.8. The van der Waals surface area contributed by atoms with E-state index in [0.29, 0.717) is 6.42 Å². The van der Waals surface area contributed by atoms with E-state index in [1.807, 2.05) is 0 Å². The topological polar surface area (TPSA) is 48.9 Å². The van der Waals surface area contributed by atoms with Crippen LogP contribution in [-0.4, -0.2) is 10.5 Å². The van der Waals surface area contributed by atoms with E-state index in [9.17, 15) is 9.90 Å². The summed E-state index contributed by atoms with van der Waals surface area (Å²) in [5.74, 6) is 0.407. The van der Waals surface area contributed by atoms with Gasteiger partial charge in [0.15, 0.2) is 0 Å². The number of carbonyl (C=O) groups is 1. The molecule has 1 rings (SSSR count). The van der Waals surface area contributed by atoms with Gasteiger partial charge in [-0.15, -0.1) is 0 Å². The Balaban J connectivity index is 2.46. The zero-order chi connectivity index (χ0) is 17.6. The normalized spacial score (nSPS) is 11.1. The number of aryl methyl sites for hydroxylation is 2. The molecule has 0 saturated carbocycles. The first-order chi connectivity index (χ1) is 11.7. The van der Waals surface area contributed by atoms with Crippen LogP contribution in [0.2, 0.25) is 0 Å². The summed E-state index contributed by atoms with van der Waals surface area (Å²) in [6.07, 6.45) is 17.8. The SMILES string of the molecule is CCCCCCCCCc1n(CCCC)cc[n+]1CCCC(=O)[O-]. The maximum absolute atomic E-state index is 10.6. The first kappa shape index (κ1) is 20.7. The number of carboxylic acids is 1. The predicted molar refractivity (Wildman–Crippen MR) is 95.5 cm³/mol. The highest BCUT2D eigenvalue weighted by atomic mass is 16.4. The van der Waals surface area contributed by atoms with Gasteiger partial charge in [0, 0.05) is 12.4 Å². The number of unbranched alkanes of at least 4 members (excludes halogenated alkanes) is 7. The van der Waals surface area contributed by atoms with Crippen LogP contribution in [0.3, 0.4) is 0 Å². The maximum Gasteiger partial charge on any atom is 0.256 e. The van der Waals surface area contributed by atoms with Gasteiger partial charge in [0.2, 0.25) is 0 Å². The fourth-order valence-electron chi connectivity index (χ4n) is 3.15. The summed E-state index contributed by atoms with van der Waals surface area (Å²) >= 11 is 0. The molecule has 0 atom stereocenters. The lowest BCUT2D eigenvalue weighted by atomic mass is 10.1. The average Bonchev–Trinajstić information content (AvgIpc) is 2.94. The third-order valence-corrected chi connectivity index (χ3v) is 4.63. The Labute approximate surface area is 147 Å². The minimum Gasteiger partial charge on any atom is -0.550 e. The Hall–Kier alpha value is -1.32. The number of imidazole rings is 1. The van der Waals surface area contributed by atoms with Crippen LogP contribution in [-0.2, 0) is 24.3 Å². The number of carboxylic acid groups (broad SMARTS) is 1. The minimum absolute atomic E-state index is 0.143. The highest BCUT2D eigenvalue weighted by Gasteiger charge is 2.16. The summed E-state index contributed by atoms with van der Waals surface area (Å²) in [7, 11) is 0. The van der Waals surface area contributed by atoms with Gasteiger partial charge >= 0.3 is 0 Å². The van der Waals surface area contributed by atoms with Crippen molar-refractivity contribution in [2.75, 3.05) is 0 Å². The standard InChI is InChI=1S/C20H36N2O2/c1-3-5-7-8-9-10-11-13-19-21(15-6-4-2)17-18-22(19)16-12-14-20(23)24/h17-18H,3-16H2,1-2H3. The second-order valence-corrected chi connectivity index (χ2v) is 6.80. The van der Waals surface area contributed by atoms with E-state index in [2.05, 4.69) is 35.4 Å². The Morgan fingerprint density at radius 1 is 1.00 bits per heavy atom. The first-order valence-electron chi connectivity index (χ1n) is 9.96. The second kappa shape index (κ2) is 13.0. The summed E-state index contributed by atoms with van der Waals surface area (Å²) in [6.45, 7) is 6.31. The molecule has 0 radical (unpaired) electrons. The van der Waals surface area contributed by atoms with Crippen molar-refractivity contribution >= 4 is 5.97 Å². The maximum atomic E-state index is 10.6. The molecule has 4 nitrogen and oxygen atoms in total. The molecule has 1 aromatic rings. The van der Waals surface area contributed by atoms with Crippen LogP contribution in [0.1, 0.15) is 90.3 Å². The van der Waals surface area contributed by atoms with Crippen LogP contribution in [0.5, 0.6) is 0 Å². The molecule has 0 bridgehead atoms. The van der Waals surface area contributed by atoms with Gasteiger partial charge in [-0.05, 0) is 25.7 Å². The van der Waals surface area contributed by atoms with Gasteiger partial charge in [-0.3, -0.25) is 0 Å². The molecule has 0 saturated heterocycles. The van der Waals surface area contributed by atoms with Gasteiger partial charge in [0.25, 0.3) is 5.82 Å². The van der Waals surface area contributed by atoms with Gasteiger partial charge in [-0.2, -0.15) is 0 Å². The number of aromatic nitrogens is 2. The molecule has 1 heterocycles. The first-order valence-corrected chi connectivity index (χ1v) is 9.96. The van der Waals surface area contributed by atoms with Crippen LogP contribution in [0.25, 0.3) is 0 Å². The third kappa shape index (κ3) is 8.51. The Morgan fingerprint density at radius 2 is 1.67 bits per heavy atom. The summed E-state index contributed by atoms with van der Waals surface area (Å²) in [5, 5.41) is 10.6. The fraction of sp³-hybridized carbons (Fsp3) is 0.800. The van der Waals surface area contributed by atoms with Crippen LogP contribution < -0.4 is 9.67 Å². The van der Waals surface area contributed by atoms with Crippen molar-refractivity contribution in [3.63, 3.8) is 0 Å². The van der Waals surface area contributed by atoms with Crippen LogP contribution in [0.4, 0.5) is 0 Å². The molecule has 0 aliphatic carbocycles. The molecule has 4 heteroatoms. The second-order valence-electron chi connectivity index (χ2n) is 6.80. The largest absolute Gasteiger partial charge is 0.550 e. The van der Waals surface area contributed by atoms with E-state index >= 15 is 0 Å². The zero-order valence-electron chi connectivity index (χ0n) is 15.8. The summed E-state index contributed by atoms with van der Waals surface area (Å²) in [6, 6.07) is 0. The Morgan fingerprint density at radius 3 is 2.33 bits per heavy atom. The van der Waals surface area contributed by atoms with E-state index in [1.54, 1.807) is 0 Å². The monoisotopic (exact) mass is 336 g/mol. The van der Waals surface area contributed by atoms with E-state index in [-0.39, 0.29) is 6.42 Å². The number of nitrogens with zero attached hydrogens (tertiary/aromatic N) is 2. The summed E-state index contributed by atoms with van der Waals surface area (Å²) < 4.78 is 4.61. The van der Waals surface area contributed by atoms with Crippen molar-refractivity contribution in [2.24, 2.45) is 0 Å². The lowest BCUT2D eigenvalue weighted by Gasteiger charge is -2.06. The lowest BCUT2D eigenvalue weighted by molar-refractivity contribution is -0.704. The van der Waals surface area contributed by atoms with Crippen molar-refractivity contribution in [3.05, 3.63) is 18.2 Å². The highest BCUT2D eigenvalue weighted by molar-refractivity contribution is 5.63. The molecule has 0 aliphatic heterocycles. The number of carbonyl (C=O) groups excluding carboxylic acids is 1. The Bertz CT molecular complexity index is 454. The molecule has 24 heavy (non-hydrogen) atoms. The molecular weight excluding hydrogens is 300 g/mol. The molecule has 0 amide bonds. The van der Waals surface area contributed by atoms with Crippen LogP contribution in [0, 0.1) is 0 Å². The third-order valence-electron chi connectivity index (χ3n) is 4.63. The highest BCUT2D eigenvalue weighted by Crippen LogP contribution is 2.10. The van der Waals surface area contributed by atoms with E-state index in [0.717, 1.165) is 19.5 Å². The van der Waals surface area contributed by atoms with E-state index in [4.69, 9.17) is 0 Å². The molecule has 0 fully saturated rings. The molecule has 138 valence electrons. The quantitative estimate of drug-likeness (QED) is 0.364. The molecule has 0 aliphatic rings. The average molecular weight is 337 g/mol. The molecule has 0 aromatic carbocycles. The van der Waals surface area contributed by atoms with Crippen LogP contribution >= 0.6 is 0 Å². The molecule has 0 unspecified atom stereocenters. The van der Waals surface area contributed by atoms with Crippen molar-refractivity contribution in [3.8, 4) is 0 Å². The van der Waals surface area contributed by atoms with Gasteiger partial charge in [-0.25, -0.2) is 9.13 Å². The number of hydrogen-bond donors (Lipinski definition) is 0. The van der Waals surface area contributed by atoms with Crippen molar-refractivity contribution in [1.82, 2.24) is 4.57 Å². The number of hydrogen-bond acceptors (Lipinski definition) is 2. The molecular formula is C20H36N2O2. The van der Waals surface area contributed by atoms with Gasteiger partial charge in [0.1, 0.15) is 12.4 Å². The molecule has 0 N–H and O–H groups in total. The van der Waals surface area contributed by atoms with E-state index in [1.165, 1.54) is 63.6 Å². The van der Waals surface area contributed by atoms with Gasteiger partial charge < -0.3 is 9.90 Å².